The highest BCUT2D eigenvalue weighted by Crippen LogP contribution is 2.14. The molecular formula is C12H11N3O4S. The van der Waals surface area contributed by atoms with Crippen molar-refractivity contribution in [2.45, 2.75) is 11.3 Å². The second kappa shape index (κ2) is 5.66. The zero-order chi connectivity index (χ0) is 14.6. The molecule has 2 aromatic rings. The van der Waals surface area contributed by atoms with Crippen LogP contribution < -0.4 is 4.72 Å². The molecule has 20 heavy (non-hydrogen) atoms. The van der Waals surface area contributed by atoms with Gasteiger partial charge in [0.15, 0.2) is 0 Å². The Labute approximate surface area is 115 Å². The molecule has 0 saturated carbocycles. The van der Waals surface area contributed by atoms with E-state index < -0.39 is 16.0 Å². The number of aromatic nitrogens is 2. The average Bonchev–Trinajstić information content (AvgIpc) is 2.39. The maximum atomic E-state index is 12.0. The van der Waals surface area contributed by atoms with Gasteiger partial charge in [-0.3, -0.25) is 4.79 Å². The normalized spacial score (nSPS) is 11.0. The van der Waals surface area contributed by atoms with Gasteiger partial charge in [-0.2, -0.15) is 0 Å². The Morgan fingerprint density at radius 2 is 1.75 bits per heavy atom. The molecule has 7 nitrogen and oxygen atoms in total. The summed E-state index contributed by atoms with van der Waals surface area (Å²) >= 11 is 0. The van der Waals surface area contributed by atoms with Crippen LogP contribution in [0.4, 0.5) is 5.95 Å². The number of anilines is 1. The third kappa shape index (κ3) is 3.51. The van der Waals surface area contributed by atoms with Crippen LogP contribution in [0.5, 0.6) is 0 Å². The Balaban J connectivity index is 2.19. The lowest BCUT2D eigenvalue weighted by Crippen LogP contribution is -2.15. The Morgan fingerprint density at radius 3 is 2.30 bits per heavy atom. The molecule has 0 aliphatic heterocycles. The van der Waals surface area contributed by atoms with Crippen LogP contribution >= 0.6 is 0 Å². The van der Waals surface area contributed by atoms with Crippen molar-refractivity contribution in [3.63, 3.8) is 0 Å². The first-order chi connectivity index (χ1) is 9.47. The Hall–Kier alpha value is -2.48. The highest BCUT2D eigenvalue weighted by molar-refractivity contribution is 7.92. The molecule has 0 saturated heterocycles. The van der Waals surface area contributed by atoms with Gasteiger partial charge in [0, 0.05) is 12.4 Å². The van der Waals surface area contributed by atoms with Crippen LogP contribution in [0.15, 0.2) is 47.6 Å². The molecule has 2 N–H and O–H groups in total. The van der Waals surface area contributed by atoms with Crippen molar-refractivity contribution in [2.75, 3.05) is 4.72 Å². The van der Waals surface area contributed by atoms with E-state index in [1.54, 1.807) is 6.07 Å². The molecule has 0 aliphatic rings. The first kappa shape index (κ1) is 13.9. The van der Waals surface area contributed by atoms with Crippen molar-refractivity contribution in [2.24, 2.45) is 0 Å². The second-order valence-corrected chi connectivity index (χ2v) is 5.57. The van der Waals surface area contributed by atoms with Crippen LogP contribution in [0, 0.1) is 0 Å². The Morgan fingerprint density at radius 1 is 1.15 bits per heavy atom. The molecule has 0 unspecified atom stereocenters. The Kier molecular flexibility index (Phi) is 3.94. The van der Waals surface area contributed by atoms with E-state index in [4.69, 9.17) is 5.11 Å². The first-order valence-corrected chi connectivity index (χ1v) is 7.06. The molecule has 0 radical (unpaired) electrons. The number of aliphatic carboxylic acids is 1. The molecule has 1 aromatic carbocycles. The van der Waals surface area contributed by atoms with Crippen LogP contribution in [0.2, 0.25) is 0 Å². The summed E-state index contributed by atoms with van der Waals surface area (Å²) in [4.78, 5) is 18.1. The van der Waals surface area contributed by atoms with Crippen molar-refractivity contribution >= 4 is 21.9 Å². The van der Waals surface area contributed by atoms with Crippen LogP contribution in [0.25, 0.3) is 0 Å². The molecule has 8 heteroatoms. The van der Waals surface area contributed by atoms with Gasteiger partial charge in [-0.1, -0.05) is 12.1 Å². The first-order valence-electron chi connectivity index (χ1n) is 5.58. The van der Waals surface area contributed by atoms with E-state index in [0.29, 0.717) is 5.56 Å². The van der Waals surface area contributed by atoms with E-state index >= 15 is 0 Å². The summed E-state index contributed by atoms with van der Waals surface area (Å²) in [6, 6.07) is 7.15. The highest BCUT2D eigenvalue weighted by atomic mass is 32.2. The van der Waals surface area contributed by atoms with E-state index in [9.17, 15) is 13.2 Å². The van der Waals surface area contributed by atoms with Crippen LogP contribution in [0.1, 0.15) is 5.56 Å². The summed E-state index contributed by atoms with van der Waals surface area (Å²) in [6.45, 7) is 0. The number of carboxylic acids is 1. The summed E-state index contributed by atoms with van der Waals surface area (Å²) in [5, 5.41) is 8.64. The lowest BCUT2D eigenvalue weighted by Gasteiger charge is -2.06. The Bertz CT molecular complexity index is 699. The monoisotopic (exact) mass is 293 g/mol. The number of rotatable bonds is 5. The highest BCUT2D eigenvalue weighted by Gasteiger charge is 2.15. The number of hydrogen-bond acceptors (Lipinski definition) is 5. The van der Waals surface area contributed by atoms with Gasteiger partial charge in [0.2, 0.25) is 5.95 Å². The predicted molar refractivity (Wildman–Crippen MR) is 70.6 cm³/mol. The van der Waals surface area contributed by atoms with Crippen molar-refractivity contribution in [3.8, 4) is 0 Å². The number of sulfonamides is 1. The maximum Gasteiger partial charge on any atom is 0.307 e. The summed E-state index contributed by atoms with van der Waals surface area (Å²) < 4.78 is 26.3. The van der Waals surface area contributed by atoms with Crippen LogP contribution in [0.3, 0.4) is 0 Å². The van der Waals surface area contributed by atoms with Gasteiger partial charge in [0.05, 0.1) is 11.3 Å². The molecule has 0 atom stereocenters. The zero-order valence-corrected chi connectivity index (χ0v) is 11.0. The number of nitrogens with zero attached hydrogens (tertiary/aromatic N) is 2. The quantitative estimate of drug-likeness (QED) is 0.847. The van der Waals surface area contributed by atoms with Crippen LogP contribution in [-0.4, -0.2) is 29.5 Å². The standard InChI is InChI=1S/C12H11N3O4S/c16-11(17)8-9-2-4-10(5-3-9)20(18,19)15-12-13-6-1-7-14-12/h1-7H,8H2,(H,16,17)(H,13,14,15). The fourth-order valence-corrected chi connectivity index (χ4v) is 2.45. The lowest BCUT2D eigenvalue weighted by atomic mass is 10.2. The van der Waals surface area contributed by atoms with Crippen LogP contribution in [-0.2, 0) is 21.2 Å². The fraction of sp³-hybridized carbons (Fsp3) is 0.0833. The number of hydrogen-bond donors (Lipinski definition) is 2. The second-order valence-electron chi connectivity index (χ2n) is 3.89. The van der Waals surface area contributed by atoms with Gasteiger partial charge in [-0.05, 0) is 23.8 Å². The number of carbonyl (C=O) groups is 1. The third-order valence-electron chi connectivity index (χ3n) is 2.38. The smallest absolute Gasteiger partial charge is 0.307 e. The van der Waals surface area contributed by atoms with Crippen molar-refractivity contribution < 1.29 is 18.3 Å². The lowest BCUT2D eigenvalue weighted by molar-refractivity contribution is -0.136. The number of carboxylic acid groups (broad SMARTS) is 1. The molecule has 0 spiro atoms. The van der Waals surface area contributed by atoms with E-state index in [-0.39, 0.29) is 17.3 Å². The van der Waals surface area contributed by atoms with E-state index in [1.165, 1.54) is 36.7 Å². The van der Waals surface area contributed by atoms with Gasteiger partial charge in [-0.15, -0.1) is 0 Å². The molecule has 104 valence electrons. The van der Waals surface area contributed by atoms with Gasteiger partial charge < -0.3 is 5.11 Å². The molecule has 0 aliphatic carbocycles. The summed E-state index contributed by atoms with van der Waals surface area (Å²) in [5.74, 6) is -1.00. The van der Waals surface area contributed by atoms with E-state index in [2.05, 4.69) is 14.7 Å². The molecule has 1 heterocycles. The molecule has 0 bridgehead atoms. The third-order valence-corrected chi connectivity index (χ3v) is 3.72. The van der Waals surface area contributed by atoms with Gasteiger partial charge in [-0.25, -0.2) is 23.1 Å². The maximum absolute atomic E-state index is 12.0. The van der Waals surface area contributed by atoms with Crippen molar-refractivity contribution in [1.29, 1.82) is 0 Å². The number of benzene rings is 1. The van der Waals surface area contributed by atoms with E-state index in [0.717, 1.165) is 0 Å². The average molecular weight is 293 g/mol. The molecule has 0 amide bonds. The van der Waals surface area contributed by atoms with E-state index in [1.807, 2.05) is 0 Å². The van der Waals surface area contributed by atoms with Crippen molar-refractivity contribution in [1.82, 2.24) is 9.97 Å². The summed E-state index contributed by atoms with van der Waals surface area (Å²) in [6.07, 6.45) is 2.68. The molecule has 2 rings (SSSR count). The molecular weight excluding hydrogens is 282 g/mol. The number of nitrogens with one attached hydrogen (secondary N) is 1. The minimum atomic E-state index is -3.78. The van der Waals surface area contributed by atoms with Gasteiger partial charge in [0.1, 0.15) is 0 Å². The van der Waals surface area contributed by atoms with Crippen molar-refractivity contribution in [3.05, 3.63) is 48.3 Å². The fourth-order valence-electron chi connectivity index (χ4n) is 1.49. The zero-order valence-electron chi connectivity index (χ0n) is 10.2. The molecule has 1 aromatic heterocycles. The molecule has 0 fully saturated rings. The topological polar surface area (TPSA) is 109 Å². The predicted octanol–water partition coefficient (Wildman–Crippen LogP) is 0.904. The minimum Gasteiger partial charge on any atom is -0.481 e. The summed E-state index contributed by atoms with van der Waals surface area (Å²) in [5.41, 5.74) is 0.521. The largest absolute Gasteiger partial charge is 0.481 e. The van der Waals surface area contributed by atoms with Gasteiger partial charge in [0.25, 0.3) is 10.0 Å². The summed E-state index contributed by atoms with van der Waals surface area (Å²) in [7, 11) is -3.78. The van der Waals surface area contributed by atoms with Gasteiger partial charge >= 0.3 is 5.97 Å². The SMILES string of the molecule is O=C(O)Cc1ccc(S(=O)(=O)Nc2ncccn2)cc1. The minimum absolute atomic E-state index is 0.0130.